The zero-order valence-electron chi connectivity index (χ0n) is 8.77. The largest absolute Gasteiger partial charge is 0.478 e. The molecule has 5 nitrogen and oxygen atoms in total. The van der Waals surface area contributed by atoms with Crippen LogP contribution in [-0.4, -0.2) is 27.9 Å². The fourth-order valence-electron chi connectivity index (χ4n) is 1.53. The van der Waals surface area contributed by atoms with Gasteiger partial charge in [-0.15, -0.1) is 0 Å². The van der Waals surface area contributed by atoms with E-state index in [1.165, 1.54) is 19.1 Å². The van der Waals surface area contributed by atoms with E-state index in [0.717, 1.165) is 6.92 Å². The van der Waals surface area contributed by atoms with Crippen molar-refractivity contribution in [3.63, 3.8) is 0 Å². The van der Waals surface area contributed by atoms with Crippen LogP contribution in [0.15, 0.2) is 12.1 Å². The summed E-state index contributed by atoms with van der Waals surface area (Å²) in [7, 11) is 0. The number of carbonyl (C=O) groups is 3. The summed E-state index contributed by atoms with van der Waals surface area (Å²) in [4.78, 5) is 33.2. The molecule has 0 saturated heterocycles. The Hall–Kier alpha value is -2.17. The third-order valence-corrected chi connectivity index (χ3v) is 2.21. The minimum absolute atomic E-state index is 0.243. The number of aryl methyl sites for hydroxylation is 1. The first-order valence-electron chi connectivity index (χ1n) is 4.47. The van der Waals surface area contributed by atoms with Crippen LogP contribution in [0, 0.1) is 6.92 Å². The van der Waals surface area contributed by atoms with Gasteiger partial charge in [0.1, 0.15) is 0 Å². The number of benzene rings is 1. The Labute approximate surface area is 91.3 Å². The molecule has 0 aliphatic carbocycles. The Balaban J connectivity index is 3.70. The van der Waals surface area contributed by atoms with E-state index in [1.54, 1.807) is 0 Å². The Morgan fingerprint density at radius 1 is 1.00 bits per heavy atom. The van der Waals surface area contributed by atoms with E-state index < -0.39 is 17.7 Å². The number of aromatic carboxylic acids is 2. The minimum Gasteiger partial charge on any atom is -0.478 e. The van der Waals surface area contributed by atoms with Gasteiger partial charge in [0.15, 0.2) is 5.78 Å². The molecule has 0 amide bonds. The molecule has 0 radical (unpaired) electrons. The maximum Gasteiger partial charge on any atom is 0.336 e. The summed E-state index contributed by atoms with van der Waals surface area (Å²) in [5, 5.41) is 17.8. The average Bonchev–Trinajstić information content (AvgIpc) is 2.15. The fourth-order valence-corrected chi connectivity index (χ4v) is 1.53. The molecule has 0 fully saturated rings. The first-order chi connectivity index (χ1) is 7.36. The van der Waals surface area contributed by atoms with Crippen LogP contribution < -0.4 is 0 Å². The van der Waals surface area contributed by atoms with E-state index in [2.05, 4.69) is 0 Å². The highest BCUT2D eigenvalue weighted by Gasteiger charge is 2.23. The molecule has 0 aliphatic heterocycles. The Morgan fingerprint density at radius 2 is 1.56 bits per heavy atom. The number of ketones is 1. The van der Waals surface area contributed by atoms with Crippen LogP contribution in [0.1, 0.15) is 43.6 Å². The number of Topliss-reactive ketones (excluding diaryl/α,β-unsaturated/α-hetero) is 1. The second-order valence-electron chi connectivity index (χ2n) is 3.35. The molecule has 1 rings (SSSR count). The highest BCUT2D eigenvalue weighted by atomic mass is 16.4. The topological polar surface area (TPSA) is 91.7 Å². The summed E-state index contributed by atoms with van der Waals surface area (Å²) >= 11 is 0. The lowest BCUT2D eigenvalue weighted by Crippen LogP contribution is -2.14. The molecule has 0 saturated carbocycles. The van der Waals surface area contributed by atoms with Gasteiger partial charge in [-0.05, 0) is 25.5 Å². The van der Waals surface area contributed by atoms with Crippen molar-refractivity contribution in [3.8, 4) is 0 Å². The first-order valence-corrected chi connectivity index (χ1v) is 4.47. The number of carbonyl (C=O) groups excluding carboxylic acids is 1. The van der Waals surface area contributed by atoms with Gasteiger partial charge in [0.05, 0.1) is 11.1 Å². The summed E-state index contributed by atoms with van der Waals surface area (Å²) in [5.74, 6) is -3.18. The van der Waals surface area contributed by atoms with Crippen LogP contribution in [0.5, 0.6) is 0 Å². The number of hydrogen-bond donors (Lipinski definition) is 2. The summed E-state index contributed by atoms with van der Waals surface area (Å²) < 4.78 is 0. The minimum atomic E-state index is -1.31. The van der Waals surface area contributed by atoms with E-state index in [0.29, 0.717) is 5.56 Å². The van der Waals surface area contributed by atoms with Crippen molar-refractivity contribution in [1.29, 1.82) is 0 Å². The molecule has 0 aromatic heterocycles. The molecule has 1 aromatic rings. The van der Waals surface area contributed by atoms with Crippen LogP contribution in [0.25, 0.3) is 0 Å². The predicted molar refractivity (Wildman–Crippen MR) is 55.1 cm³/mol. The molecule has 84 valence electrons. The van der Waals surface area contributed by atoms with Crippen molar-refractivity contribution in [2.24, 2.45) is 0 Å². The average molecular weight is 222 g/mol. The van der Waals surface area contributed by atoms with Crippen molar-refractivity contribution in [2.45, 2.75) is 13.8 Å². The number of rotatable bonds is 3. The SMILES string of the molecule is CC(=O)c1c(C(=O)O)ccc(C)c1C(=O)O. The van der Waals surface area contributed by atoms with Gasteiger partial charge in [-0.2, -0.15) is 0 Å². The van der Waals surface area contributed by atoms with E-state index in [1.807, 2.05) is 0 Å². The van der Waals surface area contributed by atoms with Crippen LogP contribution in [0.3, 0.4) is 0 Å². The fraction of sp³-hybridized carbons (Fsp3) is 0.182. The number of carboxylic acid groups (broad SMARTS) is 2. The molecular weight excluding hydrogens is 212 g/mol. The van der Waals surface area contributed by atoms with E-state index in [9.17, 15) is 14.4 Å². The second-order valence-corrected chi connectivity index (χ2v) is 3.35. The number of hydrogen-bond acceptors (Lipinski definition) is 3. The Bertz CT molecular complexity index is 487. The lowest BCUT2D eigenvalue weighted by molar-refractivity contribution is 0.0688. The normalized spacial score (nSPS) is 9.88. The Kier molecular flexibility index (Phi) is 3.08. The van der Waals surface area contributed by atoms with Gasteiger partial charge in [-0.25, -0.2) is 9.59 Å². The summed E-state index contributed by atoms with van der Waals surface area (Å²) in [6.07, 6.45) is 0. The van der Waals surface area contributed by atoms with E-state index >= 15 is 0 Å². The molecule has 0 bridgehead atoms. The number of carboxylic acids is 2. The molecule has 16 heavy (non-hydrogen) atoms. The molecular formula is C11H10O5. The molecule has 0 heterocycles. The van der Waals surface area contributed by atoms with Crippen LogP contribution in [0.2, 0.25) is 0 Å². The molecule has 1 aromatic carbocycles. The van der Waals surface area contributed by atoms with Crippen molar-refractivity contribution >= 4 is 17.7 Å². The molecule has 2 N–H and O–H groups in total. The van der Waals surface area contributed by atoms with Gasteiger partial charge >= 0.3 is 11.9 Å². The highest BCUT2D eigenvalue weighted by molar-refractivity contribution is 6.12. The van der Waals surface area contributed by atoms with Crippen LogP contribution in [-0.2, 0) is 0 Å². The zero-order valence-corrected chi connectivity index (χ0v) is 8.77. The van der Waals surface area contributed by atoms with Crippen molar-refractivity contribution in [1.82, 2.24) is 0 Å². The summed E-state index contributed by atoms with van der Waals surface area (Å²) in [6, 6.07) is 2.61. The predicted octanol–water partition coefficient (Wildman–Crippen LogP) is 1.59. The van der Waals surface area contributed by atoms with Crippen LogP contribution >= 0.6 is 0 Å². The summed E-state index contributed by atoms with van der Waals surface area (Å²) in [6.45, 7) is 2.66. The van der Waals surface area contributed by atoms with Crippen molar-refractivity contribution in [2.75, 3.05) is 0 Å². The first kappa shape index (κ1) is 11.9. The third-order valence-electron chi connectivity index (χ3n) is 2.21. The van der Waals surface area contributed by atoms with Gasteiger partial charge in [-0.3, -0.25) is 4.79 Å². The second kappa shape index (κ2) is 4.14. The van der Waals surface area contributed by atoms with Gasteiger partial charge in [0.25, 0.3) is 0 Å². The molecule has 0 spiro atoms. The Morgan fingerprint density at radius 3 is 1.94 bits per heavy atom. The summed E-state index contributed by atoms with van der Waals surface area (Å²) in [5.41, 5.74) is -0.411. The van der Waals surface area contributed by atoms with Crippen molar-refractivity contribution < 1.29 is 24.6 Å². The maximum atomic E-state index is 11.3. The third kappa shape index (κ3) is 1.93. The quantitative estimate of drug-likeness (QED) is 0.757. The lowest BCUT2D eigenvalue weighted by Gasteiger charge is -2.09. The van der Waals surface area contributed by atoms with Gasteiger partial charge < -0.3 is 10.2 Å². The van der Waals surface area contributed by atoms with E-state index in [4.69, 9.17) is 10.2 Å². The lowest BCUT2D eigenvalue weighted by atomic mass is 9.94. The molecule has 0 unspecified atom stereocenters. The van der Waals surface area contributed by atoms with E-state index in [-0.39, 0.29) is 16.7 Å². The molecule has 5 heteroatoms. The van der Waals surface area contributed by atoms with Crippen LogP contribution in [0.4, 0.5) is 0 Å². The monoisotopic (exact) mass is 222 g/mol. The smallest absolute Gasteiger partial charge is 0.336 e. The highest BCUT2D eigenvalue weighted by Crippen LogP contribution is 2.20. The molecule has 0 aliphatic rings. The van der Waals surface area contributed by atoms with Gasteiger partial charge in [0, 0.05) is 5.56 Å². The van der Waals surface area contributed by atoms with Crippen molar-refractivity contribution in [3.05, 3.63) is 34.4 Å². The van der Waals surface area contributed by atoms with Gasteiger partial charge in [-0.1, -0.05) is 6.07 Å². The standard InChI is InChI=1S/C11H10O5/c1-5-3-4-7(10(13)14)9(6(2)12)8(5)11(15)16/h3-4H,1-2H3,(H,13,14)(H,15,16). The zero-order chi connectivity index (χ0) is 12.5. The maximum absolute atomic E-state index is 11.3. The van der Waals surface area contributed by atoms with Gasteiger partial charge in [0.2, 0.25) is 0 Å². The molecule has 0 atom stereocenters.